The number of pyridine rings is 1. The Labute approximate surface area is 163 Å². The molecular weight excluding hydrogens is 360 g/mol. The summed E-state index contributed by atoms with van der Waals surface area (Å²) in [6, 6.07) is 15.7. The number of likely N-dealkylation sites (tertiary alicyclic amines) is 1. The Hall–Kier alpha value is -2.66. The lowest BCUT2D eigenvalue weighted by atomic mass is 10.0. The summed E-state index contributed by atoms with van der Waals surface area (Å²) >= 11 is 6.36. The number of hydrogen-bond donors (Lipinski definition) is 0. The van der Waals surface area contributed by atoms with E-state index in [0.29, 0.717) is 17.4 Å². The molecular formula is C21H21ClN4O. The first kappa shape index (κ1) is 17.7. The number of nitrogens with zero attached hydrogens (tertiary/aromatic N) is 4. The monoisotopic (exact) mass is 380 g/mol. The zero-order valence-corrected chi connectivity index (χ0v) is 16.1. The summed E-state index contributed by atoms with van der Waals surface area (Å²) in [6.07, 6.45) is 1.92. The largest absolute Gasteiger partial charge is 0.330 e. The van der Waals surface area contributed by atoms with Gasteiger partial charge in [-0.25, -0.2) is 9.67 Å². The molecule has 1 aliphatic heterocycles. The van der Waals surface area contributed by atoms with Gasteiger partial charge in [0.25, 0.3) is 5.91 Å². The van der Waals surface area contributed by atoms with Gasteiger partial charge >= 0.3 is 0 Å². The molecule has 1 amide bonds. The molecule has 1 atom stereocenters. The molecule has 0 saturated carbocycles. The third kappa shape index (κ3) is 3.35. The van der Waals surface area contributed by atoms with Crippen LogP contribution in [0.1, 0.15) is 46.3 Å². The highest BCUT2D eigenvalue weighted by Gasteiger charge is 2.32. The van der Waals surface area contributed by atoms with E-state index in [4.69, 9.17) is 11.6 Å². The van der Waals surface area contributed by atoms with E-state index in [9.17, 15) is 4.79 Å². The fourth-order valence-electron chi connectivity index (χ4n) is 3.73. The van der Waals surface area contributed by atoms with Crippen LogP contribution in [0.4, 0.5) is 0 Å². The van der Waals surface area contributed by atoms with Crippen LogP contribution in [0.15, 0.2) is 48.5 Å². The lowest BCUT2D eigenvalue weighted by Gasteiger charge is -2.25. The van der Waals surface area contributed by atoms with Gasteiger partial charge < -0.3 is 4.90 Å². The van der Waals surface area contributed by atoms with Gasteiger partial charge in [0.05, 0.1) is 16.8 Å². The van der Waals surface area contributed by atoms with Crippen molar-refractivity contribution in [3.63, 3.8) is 0 Å². The highest BCUT2D eigenvalue weighted by molar-refractivity contribution is 6.33. The van der Waals surface area contributed by atoms with Crippen molar-refractivity contribution in [2.24, 2.45) is 0 Å². The Kier molecular flexibility index (Phi) is 4.70. The van der Waals surface area contributed by atoms with Crippen LogP contribution in [0.5, 0.6) is 0 Å². The molecule has 6 heteroatoms. The quantitative estimate of drug-likeness (QED) is 0.671. The summed E-state index contributed by atoms with van der Waals surface area (Å²) in [6.45, 7) is 4.60. The standard InChI is InChI=1S/C21H21ClN4O/c1-14-13-15(2)26(24-14)19-11-10-17(22)20(23-19)21(27)25-12-6-9-18(25)16-7-4-3-5-8-16/h3-5,7-8,10-11,13,18H,6,9,12H2,1-2H3. The van der Waals surface area contributed by atoms with Crippen molar-refractivity contribution in [1.29, 1.82) is 0 Å². The average molecular weight is 381 g/mol. The van der Waals surface area contributed by atoms with E-state index in [2.05, 4.69) is 22.2 Å². The lowest BCUT2D eigenvalue weighted by molar-refractivity contribution is 0.0730. The van der Waals surface area contributed by atoms with Gasteiger partial charge in [-0.05, 0) is 50.5 Å². The van der Waals surface area contributed by atoms with E-state index in [1.807, 2.05) is 43.0 Å². The molecule has 2 aromatic heterocycles. The van der Waals surface area contributed by atoms with E-state index in [-0.39, 0.29) is 17.6 Å². The number of halogens is 1. The number of benzene rings is 1. The molecule has 27 heavy (non-hydrogen) atoms. The molecule has 1 aliphatic rings. The minimum atomic E-state index is -0.130. The summed E-state index contributed by atoms with van der Waals surface area (Å²) < 4.78 is 1.74. The zero-order chi connectivity index (χ0) is 19.0. The molecule has 0 bridgehead atoms. The molecule has 1 aromatic carbocycles. The third-order valence-corrected chi connectivity index (χ3v) is 5.26. The maximum absolute atomic E-state index is 13.3. The maximum Gasteiger partial charge on any atom is 0.274 e. The van der Waals surface area contributed by atoms with Crippen molar-refractivity contribution in [2.45, 2.75) is 32.7 Å². The Bertz CT molecular complexity index is 983. The first-order chi connectivity index (χ1) is 13.0. The number of aromatic nitrogens is 3. The Morgan fingerprint density at radius 3 is 2.63 bits per heavy atom. The van der Waals surface area contributed by atoms with E-state index in [0.717, 1.165) is 29.8 Å². The van der Waals surface area contributed by atoms with E-state index in [1.165, 1.54) is 0 Å². The Morgan fingerprint density at radius 2 is 1.93 bits per heavy atom. The SMILES string of the molecule is Cc1cc(C)n(-c2ccc(Cl)c(C(=O)N3CCCC3c3ccccc3)n2)n1. The van der Waals surface area contributed by atoms with E-state index < -0.39 is 0 Å². The van der Waals surface area contributed by atoms with Gasteiger partial charge in [-0.1, -0.05) is 41.9 Å². The fraction of sp³-hybridized carbons (Fsp3) is 0.286. The smallest absolute Gasteiger partial charge is 0.274 e. The van der Waals surface area contributed by atoms with Gasteiger partial charge in [-0.2, -0.15) is 5.10 Å². The zero-order valence-electron chi connectivity index (χ0n) is 15.4. The van der Waals surface area contributed by atoms with E-state index >= 15 is 0 Å². The van der Waals surface area contributed by atoms with Crippen LogP contribution in [0.25, 0.3) is 5.82 Å². The third-order valence-electron chi connectivity index (χ3n) is 4.96. The van der Waals surface area contributed by atoms with Crippen LogP contribution in [0.2, 0.25) is 5.02 Å². The molecule has 1 unspecified atom stereocenters. The predicted octanol–water partition coefficient (Wildman–Crippen LogP) is 4.51. The summed E-state index contributed by atoms with van der Waals surface area (Å²) in [5.74, 6) is 0.471. The molecule has 0 N–H and O–H groups in total. The normalized spacial score (nSPS) is 16.7. The lowest BCUT2D eigenvalue weighted by Crippen LogP contribution is -2.31. The molecule has 3 heterocycles. The molecule has 0 radical (unpaired) electrons. The predicted molar refractivity (Wildman–Crippen MR) is 105 cm³/mol. The molecule has 5 nitrogen and oxygen atoms in total. The minimum absolute atomic E-state index is 0.0638. The maximum atomic E-state index is 13.3. The molecule has 1 fully saturated rings. The van der Waals surface area contributed by atoms with Crippen molar-refractivity contribution < 1.29 is 4.79 Å². The van der Waals surface area contributed by atoms with Gasteiger partial charge in [0.2, 0.25) is 0 Å². The van der Waals surface area contributed by atoms with Gasteiger partial charge in [0.1, 0.15) is 5.69 Å². The van der Waals surface area contributed by atoms with Crippen LogP contribution >= 0.6 is 11.6 Å². The second-order valence-corrected chi connectivity index (χ2v) is 7.31. The molecule has 3 aromatic rings. The van der Waals surface area contributed by atoms with Crippen LogP contribution in [0.3, 0.4) is 0 Å². The number of amides is 1. The number of hydrogen-bond acceptors (Lipinski definition) is 3. The van der Waals surface area contributed by atoms with E-state index in [1.54, 1.807) is 16.8 Å². The fourth-order valence-corrected chi connectivity index (χ4v) is 3.91. The van der Waals surface area contributed by atoms with Crippen molar-refractivity contribution in [3.8, 4) is 5.82 Å². The van der Waals surface area contributed by atoms with Gasteiger partial charge in [-0.3, -0.25) is 4.79 Å². The molecule has 4 rings (SSSR count). The first-order valence-corrected chi connectivity index (χ1v) is 9.48. The van der Waals surface area contributed by atoms with Gasteiger partial charge in [0.15, 0.2) is 5.82 Å². The molecule has 0 aliphatic carbocycles. The average Bonchev–Trinajstić information content (AvgIpc) is 3.29. The Balaban J connectivity index is 1.69. The summed E-state index contributed by atoms with van der Waals surface area (Å²) in [4.78, 5) is 19.7. The summed E-state index contributed by atoms with van der Waals surface area (Å²) in [7, 11) is 0. The van der Waals surface area contributed by atoms with Crippen molar-refractivity contribution in [1.82, 2.24) is 19.7 Å². The van der Waals surface area contributed by atoms with Crippen LogP contribution < -0.4 is 0 Å². The second kappa shape index (κ2) is 7.16. The number of carbonyl (C=O) groups excluding carboxylic acids is 1. The van der Waals surface area contributed by atoms with Crippen LogP contribution in [-0.4, -0.2) is 32.1 Å². The highest BCUT2D eigenvalue weighted by Crippen LogP contribution is 2.33. The minimum Gasteiger partial charge on any atom is -0.330 e. The van der Waals surface area contributed by atoms with Crippen LogP contribution in [0, 0.1) is 13.8 Å². The molecule has 1 saturated heterocycles. The first-order valence-electron chi connectivity index (χ1n) is 9.10. The molecule has 0 spiro atoms. The van der Waals surface area contributed by atoms with Gasteiger partial charge in [0, 0.05) is 12.2 Å². The molecule has 138 valence electrons. The summed E-state index contributed by atoms with van der Waals surface area (Å²) in [5.41, 5.74) is 3.29. The van der Waals surface area contributed by atoms with Crippen molar-refractivity contribution >= 4 is 17.5 Å². The highest BCUT2D eigenvalue weighted by atomic mass is 35.5. The topological polar surface area (TPSA) is 51.0 Å². The summed E-state index contributed by atoms with van der Waals surface area (Å²) in [5, 5.41) is 4.82. The van der Waals surface area contributed by atoms with Crippen molar-refractivity contribution in [3.05, 3.63) is 76.2 Å². The second-order valence-electron chi connectivity index (χ2n) is 6.91. The number of carbonyl (C=O) groups is 1. The number of aryl methyl sites for hydroxylation is 2. The van der Waals surface area contributed by atoms with Gasteiger partial charge in [-0.15, -0.1) is 0 Å². The Morgan fingerprint density at radius 1 is 1.15 bits per heavy atom. The van der Waals surface area contributed by atoms with Crippen LogP contribution in [-0.2, 0) is 0 Å². The number of rotatable bonds is 3. The van der Waals surface area contributed by atoms with Crippen molar-refractivity contribution in [2.75, 3.05) is 6.54 Å².